The van der Waals surface area contributed by atoms with Crippen molar-refractivity contribution >= 4 is 60.8 Å². The van der Waals surface area contributed by atoms with Gasteiger partial charge in [-0.25, -0.2) is 13.6 Å². The predicted octanol–water partition coefficient (Wildman–Crippen LogP) is 1.89. The molecular formula is C48H72N10O11S. The number of nitrogens with one attached hydrogen (secondary N) is 2. The zero-order valence-electron chi connectivity index (χ0n) is 40.8. The molecule has 1 aromatic heterocycles. The summed E-state index contributed by atoms with van der Waals surface area (Å²) in [7, 11) is 2.95. The standard InChI is InChI=1S/C47H67N9O11S.CH5N/c1-48-41(58)12-11-38(33-57)56-46(61)39-8-5-9-40(44(39)47(56)62)67-34-42(59)50-16-24-63-26-28-65-30-31-66-29-27-64-25-23-52-19-21-54(22-20-52)68-53-17-14-36(15-18-53)51-32-35-10-13-43(60)55(45(35)49-2)37-6-3-4-7-37;1-2/h5,8-10,13,32-33,36-38H,2-4,6-7,11-12,14-31,34H2,1H3,(H,48,58)(H,50,59);2H2,1H3. The number of benzene rings is 1. The summed E-state index contributed by atoms with van der Waals surface area (Å²) in [4.78, 5) is 87.1. The first-order valence-electron chi connectivity index (χ1n) is 24.3. The van der Waals surface area contributed by atoms with Crippen molar-refractivity contribution in [3.05, 3.63) is 57.4 Å². The monoisotopic (exact) mass is 997 g/mol. The molecule has 1 aromatic carbocycles. The third-order valence-corrected chi connectivity index (χ3v) is 13.5. The predicted molar refractivity (Wildman–Crippen MR) is 267 cm³/mol. The Labute approximate surface area is 415 Å². The molecule has 3 aliphatic heterocycles. The minimum atomic E-state index is -1.12. The molecular weight excluding hydrogens is 925 g/mol. The van der Waals surface area contributed by atoms with E-state index in [0.29, 0.717) is 58.4 Å². The molecule has 21 nitrogen and oxygen atoms in total. The van der Waals surface area contributed by atoms with Gasteiger partial charge in [0, 0.05) is 102 Å². The SMILES string of the molecule is C=Nc1c(C=NC2CCN(SN3CCN(CCOCCOCCOCCOCCNC(=O)COc4cccc5c4C(=O)N(C(C=O)CCC(=O)NC)C5=O)CC3)CC2)ccc(=O)n1C1CCCC1.CN. The first kappa shape index (κ1) is 56.0. The summed E-state index contributed by atoms with van der Waals surface area (Å²) in [5, 5.41) is 5.12. The number of pyridine rings is 1. The summed E-state index contributed by atoms with van der Waals surface area (Å²) in [6, 6.07) is 7.24. The van der Waals surface area contributed by atoms with Crippen molar-refractivity contribution in [2.24, 2.45) is 15.7 Å². The van der Waals surface area contributed by atoms with Gasteiger partial charge in [0.25, 0.3) is 23.3 Å². The first-order chi connectivity index (χ1) is 34.2. The lowest BCUT2D eigenvalue weighted by atomic mass is 10.1. The number of carbonyl (C=O) groups is 5. The van der Waals surface area contributed by atoms with Crippen LogP contribution in [0.1, 0.15) is 83.7 Å². The lowest BCUT2D eigenvalue weighted by Crippen LogP contribution is -2.46. The van der Waals surface area contributed by atoms with Crippen molar-refractivity contribution in [1.29, 1.82) is 0 Å². The van der Waals surface area contributed by atoms with Crippen LogP contribution in [0.2, 0.25) is 0 Å². The quantitative estimate of drug-likeness (QED) is 0.0347. The number of imide groups is 1. The van der Waals surface area contributed by atoms with E-state index >= 15 is 0 Å². The fourth-order valence-electron chi connectivity index (χ4n) is 8.57. The number of aldehydes is 1. The molecule has 4 N–H and O–H groups in total. The molecule has 0 radical (unpaired) electrons. The Bertz CT molecular complexity index is 2090. The average molecular weight is 997 g/mol. The second kappa shape index (κ2) is 30.7. The number of nitrogens with zero attached hydrogens (tertiary/aromatic N) is 7. The Morgan fingerprint density at radius 1 is 0.829 bits per heavy atom. The number of hydrogen-bond acceptors (Lipinski definition) is 18. The molecule has 4 heterocycles. The first-order valence-corrected chi connectivity index (χ1v) is 25.0. The largest absolute Gasteiger partial charge is 0.483 e. The van der Waals surface area contributed by atoms with Crippen LogP contribution < -0.4 is 26.7 Å². The third-order valence-electron chi connectivity index (χ3n) is 12.3. The van der Waals surface area contributed by atoms with Crippen LogP contribution in [0.4, 0.5) is 5.82 Å². The zero-order valence-corrected chi connectivity index (χ0v) is 41.6. The summed E-state index contributed by atoms with van der Waals surface area (Å²) < 4.78 is 34.8. The maximum Gasteiger partial charge on any atom is 0.265 e. The molecule has 1 saturated carbocycles. The van der Waals surface area contributed by atoms with Crippen molar-refractivity contribution in [3.63, 3.8) is 0 Å². The van der Waals surface area contributed by atoms with E-state index in [1.54, 1.807) is 6.07 Å². The summed E-state index contributed by atoms with van der Waals surface area (Å²) in [5.74, 6) is -1.47. The molecule has 70 heavy (non-hydrogen) atoms. The second-order valence-corrected chi connectivity index (χ2v) is 18.1. The summed E-state index contributed by atoms with van der Waals surface area (Å²) in [6.45, 7) is 13.9. The minimum absolute atomic E-state index is 0.00978. The number of piperazine rings is 1. The van der Waals surface area contributed by atoms with E-state index in [9.17, 15) is 28.8 Å². The molecule has 386 valence electrons. The molecule has 4 amide bonds. The molecule has 2 aromatic rings. The number of piperidine rings is 1. The summed E-state index contributed by atoms with van der Waals surface area (Å²) >= 11 is 1.86. The van der Waals surface area contributed by atoms with Gasteiger partial charge in [-0.15, -0.1) is 0 Å². The van der Waals surface area contributed by atoms with E-state index in [1.807, 2.05) is 29.0 Å². The van der Waals surface area contributed by atoms with Gasteiger partial charge in [-0.2, -0.15) is 0 Å². The van der Waals surface area contributed by atoms with Crippen LogP contribution in [0.25, 0.3) is 0 Å². The van der Waals surface area contributed by atoms with Crippen LogP contribution in [-0.2, 0) is 33.3 Å². The fourth-order valence-corrected chi connectivity index (χ4v) is 9.60. The Kier molecular flexibility index (Phi) is 24.6. The Morgan fingerprint density at radius 3 is 2.11 bits per heavy atom. The molecule has 6 rings (SSSR count). The second-order valence-electron chi connectivity index (χ2n) is 16.9. The van der Waals surface area contributed by atoms with Crippen LogP contribution in [0.5, 0.6) is 5.75 Å². The smallest absolute Gasteiger partial charge is 0.265 e. The van der Waals surface area contributed by atoms with Gasteiger partial charge < -0.3 is 44.8 Å². The van der Waals surface area contributed by atoms with E-state index in [1.165, 1.54) is 32.3 Å². The van der Waals surface area contributed by atoms with Crippen LogP contribution in [0.15, 0.2) is 45.1 Å². The number of amides is 4. The number of hydrogen-bond donors (Lipinski definition) is 3. The Hall–Kier alpha value is -4.91. The maximum absolute atomic E-state index is 13.2. The van der Waals surface area contributed by atoms with E-state index in [0.717, 1.165) is 94.8 Å². The highest BCUT2D eigenvalue weighted by Gasteiger charge is 2.42. The highest BCUT2D eigenvalue weighted by atomic mass is 32.2. The van der Waals surface area contributed by atoms with Gasteiger partial charge in [0.05, 0.1) is 76.1 Å². The van der Waals surface area contributed by atoms with Gasteiger partial charge in [-0.3, -0.25) is 43.3 Å². The molecule has 22 heteroatoms. The Morgan fingerprint density at radius 2 is 1.47 bits per heavy atom. The van der Waals surface area contributed by atoms with Gasteiger partial charge in [-0.05, 0) is 64.1 Å². The lowest BCUT2D eigenvalue weighted by Gasteiger charge is -2.37. The number of carbonyl (C=O) groups excluding carboxylic acids is 5. The van der Waals surface area contributed by atoms with E-state index < -0.39 is 30.4 Å². The van der Waals surface area contributed by atoms with Gasteiger partial charge in [0.2, 0.25) is 5.91 Å². The number of ether oxygens (including phenoxy) is 5. The van der Waals surface area contributed by atoms with Crippen molar-refractivity contribution in [2.45, 2.75) is 69.5 Å². The van der Waals surface area contributed by atoms with E-state index in [-0.39, 0.29) is 66.4 Å². The van der Waals surface area contributed by atoms with E-state index in [2.05, 4.69) is 41.6 Å². The highest BCUT2D eigenvalue weighted by molar-refractivity contribution is 7.94. The lowest BCUT2D eigenvalue weighted by molar-refractivity contribution is -0.123. The number of fused-ring (bicyclic) bond motifs is 1. The molecule has 4 aliphatic rings. The van der Waals surface area contributed by atoms with Crippen molar-refractivity contribution in [2.75, 3.05) is 126 Å². The number of nitrogens with two attached hydrogens (primary N) is 1. The summed E-state index contributed by atoms with van der Waals surface area (Å²) in [5.41, 5.74) is 5.39. The number of aromatic nitrogens is 1. The zero-order chi connectivity index (χ0) is 50.1. The molecule has 0 bridgehead atoms. The molecule has 1 unspecified atom stereocenters. The molecule has 0 spiro atoms. The normalized spacial score (nSPS) is 17.6. The summed E-state index contributed by atoms with van der Waals surface area (Å²) in [6.07, 6.45) is 8.59. The minimum Gasteiger partial charge on any atom is -0.483 e. The molecule has 1 aliphatic carbocycles. The average Bonchev–Trinajstić information content (AvgIpc) is 4.01. The number of aliphatic imine (C=N–C) groups is 2. The number of rotatable bonds is 29. The van der Waals surface area contributed by atoms with Crippen LogP contribution in [-0.4, -0.2) is 204 Å². The van der Waals surface area contributed by atoms with Crippen LogP contribution in [0.3, 0.4) is 0 Å². The maximum atomic E-state index is 13.2. The van der Waals surface area contributed by atoms with Crippen LogP contribution in [0, 0.1) is 0 Å². The van der Waals surface area contributed by atoms with Crippen molar-refractivity contribution in [1.82, 2.24) is 33.6 Å². The molecule has 3 fully saturated rings. The molecule has 2 saturated heterocycles. The third kappa shape index (κ3) is 16.9. The van der Waals surface area contributed by atoms with Crippen LogP contribution >= 0.6 is 12.1 Å². The van der Waals surface area contributed by atoms with Gasteiger partial charge in [0.15, 0.2) is 6.61 Å². The van der Waals surface area contributed by atoms with Gasteiger partial charge >= 0.3 is 0 Å². The fraction of sp³-hybridized carbons (Fsp3) is 0.625. The van der Waals surface area contributed by atoms with Crippen molar-refractivity contribution in [3.8, 4) is 5.75 Å². The molecule has 1 atom stereocenters. The van der Waals surface area contributed by atoms with E-state index in [4.69, 9.17) is 28.7 Å². The van der Waals surface area contributed by atoms with Gasteiger partial charge in [-0.1, -0.05) is 18.9 Å². The Balaban J connectivity index is 0.00000450. The van der Waals surface area contributed by atoms with Crippen molar-refractivity contribution < 1.29 is 47.7 Å². The topological polar surface area (TPSA) is 241 Å². The highest BCUT2D eigenvalue weighted by Crippen LogP contribution is 2.34. The van der Waals surface area contributed by atoms with Gasteiger partial charge in [0.1, 0.15) is 17.9 Å².